The largest absolute Gasteiger partial charge is 0.390 e. The highest BCUT2D eigenvalue weighted by Gasteiger charge is 2.06. The minimum atomic E-state index is -0.505. The van der Waals surface area contributed by atoms with Crippen LogP contribution in [0.5, 0.6) is 0 Å². The Bertz CT molecular complexity index is 378. The summed E-state index contributed by atoms with van der Waals surface area (Å²) in [6, 6.07) is 7.37. The van der Waals surface area contributed by atoms with Crippen molar-refractivity contribution in [1.29, 1.82) is 0 Å². The molecule has 0 aliphatic heterocycles. The summed E-state index contributed by atoms with van der Waals surface area (Å²) in [6.45, 7) is 2.88. The molecule has 1 rings (SSSR count). The van der Waals surface area contributed by atoms with Gasteiger partial charge in [-0.15, -0.1) is 11.8 Å². The fraction of sp³-hybridized carbons (Fsp3) is 0.500. The number of thioether (sulfide) groups is 1. The van der Waals surface area contributed by atoms with Crippen LogP contribution in [-0.2, 0) is 9.47 Å². The lowest BCUT2D eigenvalue weighted by Gasteiger charge is -2.10. The van der Waals surface area contributed by atoms with E-state index < -0.39 is 6.10 Å². The molecule has 1 N–H and O–H groups in total. The van der Waals surface area contributed by atoms with Gasteiger partial charge in [0.05, 0.1) is 25.9 Å². The van der Waals surface area contributed by atoms with E-state index in [0.29, 0.717) is 31.1 Å². The highest BCUT2D eigenvalue weighted by molar-refractivity contribution is 7.99. The van der Waals surface area contributed by atoms with Crippen molar-refractivity contribution in [3.63, 3.8) is 0 Å². The molecule has 5 heteroatoms. The number of aliphatic hydroxyl groups excluding tert-OH is 1. The Morgan fingerprint density at radius 1 is 1.32 bits per heavy atom. The van der Waals surface area contributed by atoms with E-state index in [1.165, 1.54) is 0 Å². The number of carbonyl (C=O) groups excluding carboxylic acids is 1. The smallest absolute Gasteiger partial charge is 0.159 e. The van der Waals surface area contributed by atoms with Gasteiger partial charge in [-0.3, -0.25) is 4.79 Å². The van der Waals surface area contributed by atoms with Crippen molar-refractivity contribution in [2.75, 3.05) is 32.7 Å². The summed E-state index contributed by atoms with van der Waals surface area (Å²) in [5, 5.41) is 9.71. The van der Waals surface area contributed by atoms with Gasteiger partial charge in [0.2, 0.25) is 0 Å². The Labute approximate surface area is 118 Å². The molecule has 106 valence electrons. The van der Waals surface area contributed by atoms with Gasteiger partial charge in [0.1, 0.15) is 0 Å². The molecule has 1 aromatic rings. The van der Waals surface area contributed by atoms with E-state index in [2.05, 4.69) is 0 Å². The minimum absolute atomic E-state index is 0.0585. The van der Waals surface area contributed by atoms with Crippen molar-refractivity contribution in [3.8, 4) is 0 Å². The molecule has 19 heavy (non-hydrogen) atoms. The van der Waals surface area contributed by atoms with Crippen LogP contribution in [0.1, 0.15) is 17.3 Å². The molecular formula is C14H20O4S. The molecule has 0 saturated heterocycles. The van der Waals surface area contributed by atoms with Crippen LogP contribution < -0.4 is 0 Å². The summed E-state index contributed by atoms with van der Waals surface area (Å²) >= 11 is 1.54. The number of hydrogen-bond acceptors (Lipinski definition) is 5. The van der Waals surface area contributed by atoms with Crippen LogP contribution >= 0.6 is 11.8 Å². The van der Waals surface area contributed by atoms with Gasteiger partial charge >= 0.3 is 0 Å². The number of carbonyl (C=O) groups is 1. The number of Topliss-reactive ketones (excluding diaryl/α,β-unsaturated/α-hetero) is 1. The lowest BCUT2D eigenvalue weighted by Crippen LogP contribution is -2.19. The van der Waals surface area contributed by atoms with Gasteiger partial charge in [-0.1, -0.05) is 12.1 Å². The van der Waals surface area contributed by atoms with E-state index in [1.807, 2.05) is 12.1 Å². The Balaban J connectivity index is 2.25. The molecular weight excluding hydrogens is 264 g/mol. The summed E-state index contributed by atoms with van der Waals surface area (Å²) in [6.07, 6.45) is -0.505. The maximum absolute atomic E-state index is 11.1. The summed E-state index contributed by atoms with van der Waals surface area (Å²) in [5.41, 5.74) is 0.702. The molecule has 0 aliphatic rings. The molecule has 1 aromatic carbocycles. The SMILES string of the molecule is COCCOCC(O)CSc1ccc(C(C)=O)cc1. The number of hydrogen-bond donors (Lipinski definition) is 1. The fourth-order valence-electron chi connectivity index (χ4n) is 1.39. The van der Waals surface area contributed by atoms with Crippen LogP contribution in [0.15, 0.2) is 29.2 Å². The third-order valence-electron chi connectivity index (χ3n) is 2.45. The van der Waals surface area contributed by atoms with Crippen molar-refractivity contribution in [2.45, 2.75) is 17.9 Å². The van der Waals surface area contributed by atoms with Crippen molar-refractivity contribution in [2.24, 2.45) is 0 Å². The maximum atomic E-state index is 11.1. The number of aliphatic hydroxyl groups is 1. The van der Waals surface area contributed by atoms with Gasteiger partial charge in [-0.05, 0) is 19.1 Å². The second-order valence-corrected chi connectivity index (χ2v) is 5.21. The number of methoxy groups -OCH3 is 1. The summed E-state index contributed by atoms with van der Waals surface area (Å²) in [5.74, 6) is 0.620. The monoisotopic (exact) mass is 284 g/mol. The van der Waals surface area contributed by atoms with Gasteiger partial charge in [-0.25, -0.2) is 0 Å². The van der Waals surface area contributed by atoms with Crippen molar-refractivity contribution in [1.82, 2.24) is 0 Å². The third-order valence-corrected chi connectivity index (χ3v) is 3.60. The van der Waals surface area contributed by atoms with Gasteiger partial charge in [0.15, 0.2) is 5.78 Å². The van der Waals surface area contributed by atoms with E-state index in [1.54, 1.807) is 37.9 Å². The van der Waals surface area contributed by atoms with Crippen LogP contribution in [0, 0.1) is 0 Å². The molecule has 0 fully saturated rings. The quantitative estimate of drug-likeness (QED) is 0.427. The minimum Gasteiger partial charge on any atom is -0.390 e. The standard InChI is InChI=1S/C14H20O4S/c1-11(15)12-3-5-14(6-4-12)19-10-13(16)9-18-8-7-17-2/h3-6,13,16H,7-10H2,1-2H3. The highest BCUT2D eigenvalue weighted by Crippen LogP contribution is 2.19. The van der Waals surface area contributed by atoms with Crippen molar-refractivity contribution >= 4 is 17.5 Å². The topological polar surface area (TPSA) is 55.8 Å². The van der Waals surface area contributed by atoms with Crippen LogP contribution in [0.4, 0.5) is 0 Å². The Kier molecular flexibility index (Phi) is 7.74. The molecule has 0 radical (unpaired) electrons. The zero-order valence-electron chi connectivity index (χ0n) is 11.3. The van der Waals surface area contributed by atoms with E-state index in [0.717, 1.165) is 4.90 Å². The van der Waals surface area contributed by atoms with Gasteiger partial charge in [0.25, 0.3) is 0 Å². The Morgan fingerprint density at radius 3 is 2.58 bits per heavy atom. The molecule has 1 unspecified atom stereocenters. The summed E-state index contributed by atoms with van der Waals surface area (Å²) in [7, 11) is 1.61. The first-order chi connectivity index (χ1) is 9.13. The molecule has 0 bridgehead atoms. The van der Waals surface area contributed by atoms with Crippen LogP contribution in [0.2, 0.25) is 0 Å². The fourth-order valence-corrected chi connectivity index (χ4v) is 2.20. The van der Waals surface area contributed by atoms with Crippen molar-refractivity contribution < 1.29 is 19.4 Å². The predicted molar refractivity (Wildman–Crippen MR) is 75.9 cm³/mol. The zero-order chi connectivity index (χ0) is 14.1. The second-order valence-electron chi connectivity index (χ2n) is 4.11. The highest BCUT2D eigenvalue weighted by atomic mass is 32.2. The average molecular weight is 284 g/mol. The van der Waals surface area contributed by atoms with E-state index in [4.69, 9.17) is 9.47 Å². The first kappa shape index (κ1) is 16.2. The molecule has 0 heterocycles. The first-order valence-corrected chi connectivity index (χ1v) is 7.10. The van der Waals surface area contributed by atoms with Crippen LogP contribution in [-0.4, -0.2) is 49.7 Å². The second kappa shape index (κ2) is 9.09. The van der Waals surface area contributed by atoms with Gasteiger partial charge in [0, 0.05) is 23.3 Å². The van der Waals surface area contributed by atoms with Gasteiger partial charge < -0.3 is 14.6 Å². The maximum Gasteiger partial charge on any atom is 0.159 e. The molecule has 0 saturated carbocycles. The van der Waals surface area contributed by atoms with Gasteiger partial charge in [-0.2, -0.15) is 0 Å². The van der Waals surface area contributed by atoms with E-state index in [9.17, 15) is 9.90 Å². The lowest BCUT2D eigenvalue weighted by atomic mass is 10.2. The zero-order valence-corrected chi connectivity index (χ0v) is 12.1. The number of benzene rings is 1. The molecule has 0 spiro atoms. The Morgan fingerprint density at radius 2 is 2.00 bits per heavy atom. The molecule has 0 amide bonds. The molecule has 0 aromatic heterocycles. The first-order valence-electron chi connectivity index (χ1n) is 6.12. The summed E-state index contributed by atoms with van der Waals surface area (Å²) < 4.78 is 10.1. The number of rotatable bonds is 9. The lowest BCUT2D eigenvalue weighted by molar-refractivity contribution is 0.0218. The molecule has 0 aliphatic carbocycles. The van der Waals surface area contributed by atoms with E-state index in [-0.39, 0.29) is 5.78 Å². The van der Waals surface area contributed by atoms with Crippen LogP contribution in [0.25, 0.3) is 0 Å². The van der Waals surface area contributed by atoms with Crippen molar-refractivity contribution in [3.05, 3.63) is 29.8 Å². The number of ketones is 1. The number of ether oxygens (including phenoxy) is 2. The Hall–Kier alpha value is -0.880. The molecule has 4 nitrogen and oxygen atoms in total. The third kappa shape index (κ3) is 6.73. The van der Waals surface area contributed by atoms with E-state index >= 15 is 0 Å². The average Bonchev–Trinajstić information content (AvgIpc) is 2.42. The van der Waals surface area contributed by atoms with Crippen LogP contribution in [0.3, 0.4) is 0 Å². The molecule has 1 atom stereocenters. The summed E-state index contributed by atoms with van der Waals surface area (Å²) in [4.78, 5) is 12.1. The normalized spacial score (nSPS) is 12.4. The predicted octanol–water partition coefficient (Wildman–Crippen LogP) is 2.01.